The molecule has 20 heavy (non-hydrogen) atoms. The van der Waals surface area contributed by atoms with Crippen molar-refractivity contribution in [1.82, 2.24) is 5.32 Å². The molecule has 0 bridgehead atoms. The molecule has 0 radical (unpaired) electrons. The summed E-state index contributed by atoms with van der Waals surface area (Å²) < 4.78 is 27.3. The summed E-state index contributed by atoms with van der Waals surface area (Å²) in [5.74, 6) is 0. The second-order valence-corrected chi connectivity index (χ2v) is 7.35. The third-order valence-electron chi connectivity index (χ3n) is 3.11. The van der Waals surface area contributed by atoms with Gasteiger partial charge in [-0.1, -0.05) is 0 Å². The van der Waals surface area contributed by atoms with Gasteiger partial charge < -0.3 is 5.32 Å². The first-order valence-corrected chi connectivity index (χ1v) is 8.40. The Morgan fingerprint density at radius 2 is 2.20 bits per heavy atom. The van der Waals surface area contributed by atoms with Crippen molar-refractivity contribution in [2.45, 2.75) is 18.1 Å². The molecule has 1 aliphatic rings. The molecular formula is C11H14BrN3O4S. The molecule has 0 aromatic heterocycles. The van der Waals surface area contributed by atoms with Crippen LogP contribution in [0.5, 0.6) is 0 Å². The zero-order valence-corrected chi connectivity index (χ0v) is 12.9. The Morgan fingerprint density at radius 1 is 1.45 bits per heavy atom. The fraction of sp³-hybridized carbons (Fsp3) is 0.455. The lowest BCUT2D eigenvalue weighted by atomic mass is 10.2. The molecule has 1 saturated heterocycles. The SMILES string of the molecule is O=[N+]([O-])c1ccc(NS(=O)(=O)C2CCCNC2)c(Br)c1. The normalized spacial score (nSPS) is 19.6. The zero-order valence-electron chi connectivity index (χ0n) is 10.5. The van der Waals surface area contributed by atoms with Crippen LogP contribution in [0.25, 0.3) is 0 Å². The minimum Gasteiger partial charge on any atom is -0.315 e. The van der Waals surface area contributed by atoms with E-state index in [9.17, 15) is 18.5 Å². The quantitative estimate of drug-likeness (QED) is 0.627. The maximum Gasteiger partial charge on any atom is 0.270 e. The minimum absolute atomic E-state index is 0.0980. The molecule has 2 rings (SSSR count). The molecule has 1 aromatic rings. The van der Waals surface area contributed by atoms with Crippen LogP contribution in [-0.4, -0.2) is 31.7 Å². The first-order valence-electron chi connectivity index (χ1n) is 6.06. The summed E-state index contributed by atoms with van der Waals surface area (Å²) in [5.41, 5.74) is 0.209. The highest BCUT2D eigenvalue weighted by Crippen LogP contribution is 2.28. The lowest BCUT2D eigenvalue weighted by Crippen LogP contribution is -2.41. The molecular weight excluding hydrogens is 350 g/mol. The van der Waals surface area contributed by atoms with E-state index in [1.807, 2.05) is 0 Å². The number of nitrogens with zero attached hydrogens (tertiary/aromatic N) is 1. The number of piperidine rings is 1. The summed E-state index contributed by atoms with van der Waals surface area (Å²) in [4.78, 5) is 10.1. The Hall–Kier alpha value is -1.19. The van der Waals surface area contributed by atoms with Gasteiger partial charge in [-0.2, -0.15) is 0 Å². The molecule has 1 aliphatic heterocycles. The third-order valence-corrected chi connectivity index (χ3v) is 5.55. The lowest BCUT2D eigenvalue weighted by molar-refractivity contribution is -0.384. The molecule has 9 heteroatoms. The van der Waals surface area contributed by atoms with Gasteiger partial charge in [0, 0.05) is 23.2 Å². The Morgan fingerprint density at radius 3 is 2.75 bits per heavy atom. The zero-order chi connectivity index (χ0) is 14.8. The topological polar surface area (TPSA) is 101 Å². The Labute approximate surface area is 125 Å². The van der Waals surface area contributed by atoms with Gasteiger partial charge >= 0.3 is 0 Å². The van der Waals surface area contributed by atoms with Crippen molar-refractivity contribution in [3.63, 3.8) is 0 Å². The first kappa shape index (κ1) is 15.2. The van der Waals surface area contributed by atoms with Crippen LogP contribution in [0.2, 0.25) is 0 Å². The van der Waals surface area contributed by atoms with Gasteiger partial charge in [-0.05, 0) is 41.4 Å². The number of nitrogens with one attached hydrogen (secondary N) is 2. The van der Waals surface area contributed by atoms with Crippen molar-refractivity contribution in [2.75, 3.05) is 17.8 Å². The molecule has 0 aliphatic carbocycles. The van der Waals surface area contributed by atoms with Crippen LogP contribution in [0.1, 0.15) is 12.8 Å². The molecule has 1 aromatic carbocycles. The van der Waals surface area contributed by atoms with E-state index in [1.54, 1.807) is 0 Å². The first-order chi connectivity index (χ1) is 9.40. The monoisotopic (exact) mass is 363 g/mol. The number of halogens is 1. The van der Waals surface area contributed by atoms with Gasteiger partial charge in [-0.3, -0.25) is 14.8 Å². The van der Waals surface area contributed by atoms with E-state index in [0.29, 0.717) is 23.1 Å². The number of anilines is 1. The summed E-state index contributed by atoms with van der Waals surface area (Å²) in [6.07, 6.45) is 1.42. The van der Waals surface area contributed by atoms with Gasteiger partial charge in [0.05, 0.1) is 15.9 Å². The minimum atomic E-state index is -3.50. The van der Waals surface area contributed by atoms with E-state index in [-0.39, 0.29) is 5.69 Å². The van der Waals surface area contributed by atoms with Gasteiger partial charge in [0.25, 0.3) is 5.69 Å². The fourth-order valence-electron chi connectivity index (χ4n) is 2.02. The lowest BCUT2D eigenvalue weighted by Gasteiger charge is -2.23. The van der Waals surface area contributed by atoms with E-state index in [4.69, 9.17) is 0 Å². The number of benzene rings is 1. The van der Waals surface area contributed by atoms with Gasteiger partial charge in [0.1, 0.15) is 0 Å². The van der Waals surface area contributed by atoms with E-state index < -0.39 is 20.2 Å². The van der Waals surface area contributed by atoms with Crippen molar-refractivity contribution in [2.24, 2.45) is 0 Å². The molecule has 110 valence electrons. The van der Waals surface area contributed by atoms with Crippen LogP contribution >= 0.6 is 15.9 Å². The highest BCUT2D eigenvalue weighted by atomic mass is 79.9. The van der Waals surface area contributed by atoms with Gasteiger partial charge in [-0.15, -0.1) is 0 Å². The van der Waals surface area contributed by atoms with Crippen molar-refractivity contribution in [1.29, 1.82) is 0 Å². The third kappa shape index (κ3) is 3.47. The molecule has 1 heterocycles. The number of sulfonamides is 1. The Balaban J connectivity index is 2.18. The second-order valence-electron chi connectivity index (χ2n) is 4.54. The van der Waals surface area contributed by atoms with Crippen LogP contribution in [0.15, 0.2) is 22.7 Å². The van der Waals surface area contributed by atoms with Crippen molar-refractivity contribution in [3.05, 3.63) is 32.8 Å². The number of hydrogen-bond acceptors (Lipinski definition) is 5. The highest BCUT2D eigenvalue weighted by molar-refractivity contribution is 9.10. The van der Waals surface area contributed by atoms with Crippen molar-refractivity contribution in [3.8, 4) is 0 Å². The summed E-state index contributed by atoms with van der Waals surface area (Å²) >= 11 is 3.15. The Bertz CT molecular complexity index is 614. The van der Waals surface area contributed by atoms with Crippen LogP contribution in [0, 0.1) is 10.1 Å². The standard InChI is InChI=1S/C11H14BrN3O4S/c12-10-6-8(15(16)17)3-4-11(10)14-20(18,19)9-2-1-5-13-7-9/h3-4,6,9,13-14H,1-2,5,7H2. The van der Waals surface area contributed by atoms with Gasteiger partial charge in [-0.25, -0.2) is 8.42 Å². The fourth-order valence-corrected chi connectivity index (χ4v) is 4.08. The summed E-state index contributed by atoms with van der Waals surface area (Å²) in [7, 11) is -3.50. The summed E-state index contributed by atoms with van der Waals surface area (Å²) in [6, 6.07) is 3.93. The summed E-state index contributed by atoms with van der Waals surface area (Å²) in [5, 5.41) is 13.2. The molecule has 0 amide bonds. The molecule has 7 nitrogen and oxygen atoms in total. The number of nitro groups is 1. The average molecular weight is 364 g/mol. The maximum absolute atomic E-state index is 12.2. The van der Waals surface area contributed by atoms with Gasteiger partial charge in [0.2, 0.25) is 10.0 Å². The average Bonchev–Trinajstić information content (AvgIpc) is 2.41. The number of hydrogen-bond donors (Lipinski definition) is 2. The Kier molecular flexibility index (Phi) is 4.61. The predicted octanol–water partition coefficient (Wildman–Crippen LogP) is 1.85. The number of nitro benzene ring substituents is 1. The second kappa shape index (κ2) is 6.06. The number of non-ortho nitro benzene ring substituents is 1. The maximum atomic E-state index is 12.2. The van der Waals surface area contributed by atoms with Gasteiger partial charge in [0.15, 0.2) is 0 Å². The molecule has 2 N–H and O–H groups in total. The molecule has 1 fully saturated rings. The van der Waals surface area contributed by atoms with E-state index in [1.165, 1.54) is 18.2 Å². The molecule has 1 atom stereocenters. The molecule has 0 saturated carbocycles. The van der Waals surface area contributed by atoms with Crippen LogP contribution < -0.4 is 10.0 Å². The number of rotatable bonds is 4. The largest absolute Gasteiger partial charge is 0.315 e. The highest BCUT2D eigenvalue weighted by Gasteiger charge is 2.27. The van der Waals surface area contributed by atoms with Crippen LogP contribution in [-0.2, 0) is 10.0 Å². The molecule has 1 unspecified atom stereocenters. The van der Waals surface area contributed by atoms with Crippen LogP contribution in [0.4, 0.5) is 11.4 Å². The van der Waals surface area contributed by atoms with Crippen molar-refractivity contribution < 1.29 is 13.3 Å². The van der Waals surface area contributed by atoms with E-state index >= 15 is 0 Å². The van der Waals surface area contributed by atoms with Crippen LogP contribution in [0.3, 0.4) is 0 Å². The molecule has 0 spiro atoms. The predicted molar refractivity (Wildman–Crippen MR) is 79.2 cm³/mol. The van der Waals surface area contributed by atoms with E-state index in [0.717, 1.165) is 13.0 Å². The van der Waals surface area contributed by atoms with Crippen molar-refractivity contribution >= 4 is 37.3 Å². The summed E-state index contributed by atoms with van der Waals surface area (Å²) in [6.45, 7) is 1.24. The smallest absolute Gasteiger partial charge is 0.270 e. The van der Waals surface area contributed by atoms with E-state index in [2.05, 4.69) is 26.0 Å².